The fraction of sp³-hybridized carbons (Fsp3) is 0.185. The monoisotopic (exact) mass is 454 g/mol. The lowest BCUT2D eigenvalue weighted by Crippen LogP contribution is -2.29. The van der Waals surface area contributed by atoms with Crippen LogP contribution < -0.4 is 10.2 Å². The molecule has 2 N–H and O–H groups in total. The van der Waals surface area contributed by atoms with Gasteiger partial charge < -0.3 is 19.9 Å². The molecule has 1 aliphatic heterocycles. The van der Waals surface area contributed by atoms with Crippen LogP contribution in [-0.4, -0.2) is 19.8 Å². The number of benzene rings is 2. The second-order valence-electron chi connectivity index (χ2n) is 8.39. The van der Waals surface area contributed by atoms with Crippen molar-refractivity contribution in [2.45, 2.75) is 32.9 Å². The zero-order chi connectivity index (χ0) is 23.1. The second kappa shape index (κ2) is 8.37. The van der Waals surface area contributed by atoms with Gasteiger partial charge in [0.15, 0.2) is 5.11 Å². The van der Waals surface area contributed by atoms with E-state index in [-0.39, 0.29) is 17.8 Å². The van der Waals surface area contributed by atoms with E-state index in [1.807, 2.05) is 42.6 Å². The highest BCUT2D eigenvalue weighted by atomic mass is 32.1. The standard InChI is InChI=1S/C27H26N4OS/c1-17-18(2)30(20-9-5-4-6-10-20)19(3)24(17)26-25(23-11-7-8-16-28-23)29-27(33)31(26)21-12-14-22(32)15-13-21/h4-16,25-26,32H,1-3H3,(H,29,33). The number of rotatable bonds is 4. The van der Waals surface area contributed by atoms with Crippen molar-refractivity contribution in [1.82, 2.24) is 14.9 Å². The summed E-state index contributed by atoms with van der Waals surface area (Å²) in [6.07, 6.45) is 1.82. The van der Waals surface area contributed by atoms with Crippen LogP contribution in [0.5, 0.6) is 5.75 Å². The Kier molecular flexibility index (Phi) is 5.38. The van der Waals surface area contributed by atoms with Gasteiger partial charge in [-0.15, -0.1) is 0 Å². The number of nitrogens with zero attached hydrogens (tertiary/aromatic N) is 3. The number of aromatic nitrogens is 2. The Bertz CT molecular complexity index is 1300. The van der Waals surface area contributed by atoms with Crippen LogP contribution in [0.1, 0.15) is 40.3 Å². The van der Waals surface area contributed by atoms with E-state index in [2.05, 4.69) is 64.8 Å². The predicted octanol–water partition coefficient (Wildman–Crippen LogP) is 5.68. The lowest BCUT2D eigenvalue weighted by Gasteiger charge is -2.29. The average molecular weight is 455 g/mol. The van der Waals surface area contributed by atoms with Crippen molar-refractivity contribution >= 4 is 23.0 Å². The highest BCUT2D eigenvalue weighted by Gasteiger charge is 2.43. The summed E-state index contributed by atoms with van der Waals surface area (Å²) in [5.74, 6) is 0.230. The van der Waals surface area contributed by atoms with E-state index in [0.717, 1.165) is 17.1 Å². The molecule has 166 valence electrons. The Balaban J connectivity index is 1.72. The predicted molar refractivity (Wildman–Crippen MR) is 136 cm³/mol. The smallest absolute Gasteiger partial charge is 0.174 e. The number of phenols is 1. The minimum Gasteiger partial charge on any atom is -0.508 e. The van der Waals surface area contributed by atoms with E-state index < -0.39 is 0 Å². The minimum atomic E-state index is -0.115. The molecule has 0 bridgehead atoms. The molecule has 1 aliphatic rings. The Hall–Kier alpha value is -3.64. The molecule has 0 aliphatic carbocycles. The van der Waals surface area contributed by atoms with Crippen LogP contribution in [0, 0.1) is 20.8 Å². The van der Waals surface area contributed by atoms with Crippen molar-refractivity contribution in [3.8, 4) is 11.4 Å². The molecular weight excluding hydrogens is 428 g/mol. The van der Waals surface area contributed by atoms with Crippen LogP contribution in [0.4, 0.5) is 5.69 Å². The number of nitrogens with one attached hydrogen (secondary N) is 1. The van der Waals surface area contributed by atoms with Crippen LogP contribution in [0.15, 0.2) is 79.0 Å². The number of anilines is 1. The second-order valence-corrected chi connectivity index (χ2v) is 8.78. The molecule has 0 spiro atoms. The first kappa shape index (κ1) is 21.2. The molecule has 0 amide bonds. The van der Waals surface area contributed by atoms with Gasteiger partial charge in [-0.3, -0.25) is 4.98 Å². The summed E-state index contributed by atoms with van der Waals surface area (Å²) in [6, 6.07) is 23.4. The number of aromatic hydroxyl groups is 1. The third-order valence-corrected chi connectivity index (χ3v) is 6.86. The van der Waals surface area contributed by atoms with Crippen LogP contribution in [-0.2, 0) is 0 Å². The van der Waals surface area contributed by atoms with E-state index in [1.54, 1.807) is 12.1 Å². The largest absolute Gasteiger partial charge is 0.508 e. The molecule has 5 nitrogen and oxygen atoms in total. The first-order valence-corrected chi connectivity index (χ1v) is 11.4. The molecule has 4 aromatic rings. The van der Waals surface area contributed by atoms with Crippen LogP contribution >= 0.6 is 12.2 Å². The van der Waals surface area contributed by atoms with Gasteiger partial charge >= 0.3 is 0 Å². The summed E-state index contributed by atoms with van der Waals surface area (Å²) >= 11 is 5.85. The third-order valence-electron chi connectivity index (χ3n) is 6.54. The number of hydrogen-bond donors (Lipinski definition) is 2. The number of thiocarbonyl (C=S) groups is 1. The van der Waals surface area contributed by atoms with Gasteiger partial charge in [0, 0.05) is 34.5 Å². The van der Waals surface area contributed by atoms with Gasteiger partial charge in [-0.1, -0.05) is 24.3 Å². The lowest BCUT2D eigenvalue weighted by molar-refractivity contribution is 0.475. The number of hydrogen-bond acceptors (Lipinski definition) is 3. The summed E-state index contributed by atoms with van der Waals surface area (Å²) in [5.41, 5.74) is 7.85. The first-order chi connectivity index (χ1) is 16.0. The topological polar surface area (TPSA) is 53.3 Å². The molecule has 0 saturated carbocycles. The molecule has 5 rings (SSSR count). The van der Waals surface area contributed by atoms with E-state index in [0.29, 0.717) is 5.11 Å². The molecule has 2 atom stereocenters. The van der Waals surface area contributed by atoms with Crippen LogP contribution in [0.2, 0.25) is 0 Å². The normalized spacial score (nSPS) is 17.9. The van der Waals surface area contributed by atoms with Gasteiger partial charge in [0.25, 0.3) is 0 Å². The number of pyridine rings is 1. The molecule has 1 saturated heterocycles. The molecule has 33 heavy (non-hydrogen) atoms. The maximum Gasteiger partial charge on any atom is 0.174 e. The van der Waals surface area contributed by atoms with Crippen LogP contribution in [0.3, 0.4) is 0 Å². The average Bonchev–Trinajstić information content (AvgIpc) is 3.28. The Labute approximate surface area is 199 Å². The maximum atomic E-state index is 9.85. The fourth-order valence-electron chi connectivity index (χ4n) is 4.95. The van der Waals surface area contributed by atoms with Crippen LogP contribution in [0.25, 0.3) is 5.69 Å². The Morgan fingerprint density at radius 1 is 0.848 bits per heavy atom. The van der Waals surface area contributed by atoms with Crippen molar-refractivity contribution in [3.05, 3.63) is 107 Å². The summed E-state index contributed by atoms with van der Waals surface area (Å²) in [6.45, 7) is 6.53. The van der Waals surface area contributed by atoms with Gasteiger partial charge in [-0.25, -0.2) is 0 Å². The molecule has 6 heteroatoms. The Morgan fingerprint density at radius 3 is 2.21 bits per heavy atom. The van der Waals surface area contributed by atoms with Gasteiger partial charge in [0.05, 0.1) is 17.8 Å². The maximum absolute atomic E-state index is 9.85. The van der Waals surface area contributed by atoms with E-state index in [1.165, 1.54) is 22.5 Å². The van der Waals surface area contributed by atoms with Gasteiger partial charge in [-0.05, 0) is 87.1 Å². The van der Waals surface area contributed by atoms with Crippen molar-refractivity contribution in [3.63, 3.8) is 0 Å². The SMILES string of the molecule is Cc1c(C2C(c3ccccn3)NC(=S)N2c2ccc(O)cc2)c(C)n(-c2ccccc2)c1C. The summed E-state index contributed by atoms with van der Waals surface area (Å²) in [5, 5.41) is 14.0. The summed E-state index contributed by atoms with van der Waals surface area (Å²) < 4.78 is 2.32. The number of para-hydroxylation sites is 1. The van der Waals surface area contributed by atoms with E-state index in [4.69, 9.17) is 12.2 Å². The summed E-state index contributed by atoms with van der Waals surface area (Å²) in [7, 11) is 0. The quantitative estimate of drug-likeness (QED) is 0.389. The van der Waals surface area contributed by atoms with E-state index in [9.17, 15) is 5.11 Å². The molecule has 2 unspecified atom stereocenters. The number of phenolic OH excluding ortho intramolecular Hbond substituents is 1. The molecule has 2 aromatic heterocycles. The van der Waals surface area contributed by atoms with Gasteiger partial charge in [0.1, 0.15) is 5.75 Å². The van der Waals surface area contributed by atoms with Gasteiger partial charge in [0.2, 0.25) is 0 Å². The van der Waals surface area contributed by atoms with Crippen molar-refractivity contribution < 1.29 is 5.11 Å². The van der Waals surface area contributed by atoms with E-state index >= 15 is 0 Å². The molecule has 3 heterocycles. The minimum absolute atomic E-state index is 0.0967. The molecular formula is C27H26N4OS. The first-order valence-electron chi connectivity index (χ1n) is 11.0. The highest BCUT2D eigenvalue weighted by molar-refractivity contribution is 7.80. The fourth-order valence-corrected chi connectivity index (χ4v) is 5.29. The zero-order valence-corrected chi connectivity index (χ0v) is 19.7. The van der Waals surface area contributed by atoms with Gasteiger partial charge in [-0.2, -0.15) is 0 Å². The third kappa shape index (κ3) is 3.56. The highest BCUT2D eigenvalue weighted by Crippen LogP contribution is 2.45. The zero-order valence-electron chi connectivity index (χ0n) is 18.9. The van der Waals surface area contributed by atoms with Crippen molar-refractivity contribution in [2.75, 3.05) is 4.90 Å². The molecule has 1 fully saturated rings. The molecule has 2 aromatic carbocycles. The molecule has 0 radical (unpaired) electrons. The Morgan fingerprint density at radius 2 is 1.55 bits per heavy atom. The van der Waals surface area contributed by atoms with Crippen molar-refractivity contribution in [1.29, 1.82) is 0 Å². The van der Waals surface area contributed by atoms with Crippen molar-refractivity contribution in [2.24, 2.45) is 0 Å². The summed E-state index contributed by atoms with van der Waals surface area (Å²) in [4.78, 5) is 6.82. The lowest BCUT2D eigenvalue weighted by atomic mass is 9.93.